The second kappa shape index (κ2) is 9.63. The number of hydrogen-bond donors (Lipinski definition) is 1. The zero-order valence-corrected chi connectivity index (χ0v) is 15.6. The minimum atomic E-state index is -0.559. The third kappa shape index (κ3) is 5.75. The summed E-state index contributed by atoms with van der Waals surface area (Å²) in [4.78, 5) is 22.0. The van der Waals surface area contributed by atoms with Gasteiger partial charge in [-0.2, -0.15) is 0 Å². The number of halogens is 1. The number of carbonyl (C=O) groups is 1. The molecule has 0 radical (unpaired) electrons. The smallest absolute Gasteiger partial charge is 0.271 e. The zero-order chi connectivity index (χ0) is 19.8. The number of carbonyl (C=O) groups excluding carboxylic acids is 1. The van der Waals surface area contributed by atoms with Crippen LogP contribution < -0.4 is 19.5 Å². The third-order valence-corrected chi connectivity index (χ3v) is 3.96. The highest BCUT2D eigenvalue weighted by atomic mass is 35.5. The summed E-state index contributed by atoms with van der Waals surface area (Å²) in [7, 11) is 3.12. The summed E-state index contributed by atoms with van der Waals surface area (Å²) in [5.74, 6) is 1.14. The Morgan fingerprint density at radius 1 is 1.11 bits per heavy atom. The first-order chi connectivity index (χ1) is 12.9. The maximum Gasteiger partial charge on any atom is 0.271 e. The molecule has 1 N–H and O–H groups in total. The van der Waals surface area contributed by atoms with Crippen molar-refractivity contribution in [3.63, 3.8) is 0 Å². The summed E-state index contributed by atoms with van der Waals surface area (Å²) in [6.07, 6.45) is 0.602. The summed E-state index contributed by atoms with van der Waals surface area (Å²) in [6.45, 7) is 0.162. The van der Waals surface area contributed by atoms with Gasteiger partial charge < -0.3 is 19.5 Å². The number of nitro groups is 1. The molecule has 0 atom stereocenters. The van der Waals surface area contributed by atoms with Crippen molar-refractivity contribution >= 4 is 23.2 Å². The Morgan fingerprint density at radius 2 is 1.81 bits per heavy atom. The van der Waals surface area contributed by atoms with Gasteiger partial charge in [-0.25, -0.2) is 0 Å². The van der Waals surface area contributed by atoms with Crippen molar-refractivity contribution in [1.29, 1.82) is 0 Å². The van der Waals surface area contributed by atoms with Crippen molar-refractivity contribution in [2.45, 2.75) is 6.42 Å². The van der Waals surface area contributed by atoms with Gasteiger partial charge in [-0.05, 0) is 30.2 Å². The molecular weight excluding hydrogens is 376 g/mol. The Morgan fingerprint density at radius 3 is 2.44 bits per heavy atom. The fourth-order valence-electron chi connectivity index (χ4n) is 2.30. The van der Waals surface area contributed by atoms with Crippen molar-refractivity contribution in [1.82, 2.24) is 5.32 Å². The van der Waals surface area contributed by atoms with Gasteiger partial charge in [0.1, 0.15) is 5.75 Å². The number of rotatable bonds is 9. The van der Waals surface area contributed by atoms with E-state index in [9.17, 15) is 14.9 Å². The summed E-state index contributed by atoms with van der Waals surface area (Å²) < 4.78 is 15.7. The minimum absolute atomic E-state index is 0.0716. The fourth-order valence-corrected chi connectivity index (χ4v) is 2.53. The van der Waals surface area contributed by atoms with Crippen molar-refractivity contribution in [2.24, 2.45) is 0 Å². The third-order valence-electron chi connectivity index (χ3n) is 3.67. The zero-order valence-electron chi connectivity index (χ0n) is 14.9. The number of hydrogen-bond acceptors (Lipinski definition) is 6. The van der Waals surface area contributed by atoms with E-state index in [-0.39, 0.29) is 29.0 Å². The summed E-state index contributed by atoms with van der Waals surface area (Å²) >= 11 is 5.91. The maximum absolute atomic E-state index is 11.9. The molecular formula is C18H19ClN2O6. The largest absolute Gasteiger partial charge is 0.493 e. The lowest BCUT2D eigenvalue weighted by molar-refractivity contribution is -0.384. The van der Waals surface area contributed by atoms with E-state index >= 15 is 0 Å². The Bertz CT molecular complexity index is 827. The molecule has 2 aromatic carbocycles. The Balaban J connectivity index is 1.81. The molecule has 0 heterocycles. The standard InChI is InChI=1S/C18H19ClN2O6/c1-25-16-5-3-12(9-17(16)26-2)7-8-20-18(22)11-27-15-6-4-13(21(23)24)10-14(15)19/h3-6,9-10H,7-8,11H2,1-2H3,(H,20,22). The van der Waals surface area contributed by atoms with Gasteiger partial charge in [-0.15, -0.1) is 0 Å². The molecule has 0 spiro atoms. The Hall–Kier alpha value is -3.00. The number of ether oxygens (including phenoxy) is 3. The summed E-state index contributed by atoms with van der Waals surface area (Å²) in [5.41, 5.74) is 0.832. The monoisotopic (exact) mass is 394 g/mol. The lowest BCUT2D eigenvalue weighted by atomic mass is 10.1. The summed E-state index contributed by atoms with van der Waals surface area (Å²) in [6, 6.07) is 9.33. The Kier molecular flexibility index (Phi) is 7.25. The number of non-ortho nitro benzene ring substituents is 1. The van der Waals surface area contributed by atoms with Crippen LogP contribution in [0.25, 0.3) is 0 Å². The van der Waals surface area contributed by atoms with Crippen LogP contribution in [0.1, 0.15) is 5.56 Å². The van der Waals surface area contributed by atoms with Crippen LogP contribution in [0.5, 0.6) is 17.2 Å². The van der Waals surface area contributed by atoms with Crippen molar-refractivity contribution < 1.29 is 23.9 Å². The molecule has 0 saturated carbocycles. The van der Waals surface area contributed by atoms with Gasteiger partial charge in [0, 0.05) is 18.7 Å². The van der Waals surface area contributed by atoms with E-state index in [4.69, 9.17) is 25.8 Å². The molecule has 8 nitrogen and oxygen atoms in total. The topological polar surface area (TPSA) is 99.9 Å². The first-order valence-electron chi connectivity index (χ1n) is 7.99. The minimum Gasteiger partial charge on any atom is -0.493 e. The van der Waals surface area contributed by atoms with Gasteiger partial charge in [0.15, 0.2) is 18.1 Å². The summed E-state index contributed by atoms with van der Waals surface area (Å²) in [5, 5.41) is 13.5. The van der Waals surface area contributed by atoms with Crippen LogP contribution >= 0.6 is 11.6 Å². The molecule has 2 aromatic rings. The molecule has 144 valence electrons. The second-order valence-electron chi connectivity index (χ2n) is 5.45. The van der Waals surface area contributed by atoms with Crippen LogP contribution in [0.4, 0.5) is 5.69 Å². The van der Waals surface area contributed by atoms with Gasteiger partial charge in [-0.1, -0.05) is 17.7 Å². The van der Waals surface area contributed by atoms with E-state index in [1.54, 1.807) is 20.3 Å². The highest BCUT2D eigenvalue weighted by Crippen LogP contribution is 2.29. The van der Waals surface area contributed by atoms with Crippen molar-refractivity contribution in [3.05, 3.63) is 57.1 Å². The van der Waals surface area contributed by atoms with Gasteiger partial charge in [0.2, 0.25) is 0 Å². The molecule has 0 aromatic heterocycles. The van der Waals surface area contributed by atoms with Gasteiger partial charge in [-0.3, -0.25) is 14.9 Å². The first kappa shape index (κ1) is 20.3. The lowest BCUT2D eigenvalue weighted by Crippen LogP contribution is -2.30. The number of nitrogens with zero attached hydrogens (tertiary/aromatic N) is 1. The van der Waals surface area contributed by atoms with Gasteiger partial charge in [0.05, 0.1) is 24.2 Å². The molecule has 0 aliphatic rings. The van der Waals surface area contributed by atoms with E-state index in [1.165, 1.54) is 18.2 Å². The highest BCUT2D eigenvalue weighted by molar-refractivity contribution is 6.32. The molecule has 2 rings (SSSR count). The van der Waals surface area contributed by atoms with Crippen LogP contribution in [0.2, 0.25) is 5.02 Å². The predicted molar refractivity (Wildman–Crippen MR) is 99.9 cm³/mol. The van der Waals surface area contributed by atoms with Gasteiger partial charge >= 0.3 is 0 Å². The van der Waals surface area contributed by atoms with Gasteiger partial charge in [0.25, 0.3) is 11.6 Å². The molecule has 0 fully saturated rings. The van der Waals surface area contributed by atoms with E-state index in [0.717, 1.165) is 5.56 Å². The fraction of sp³-hybridized carbons (Fsp3) is 0.278. The first-order valence-corrected chi connectivity index (χ1v) is 8.36. The highest BCUT2D eigenvalue weighted by Gasteiger charge is 2.12. The Labute approximate surface area is 161 Å². The molecule has 27 heavy (non-hydrogen) atoms. The number of nitrogens with one attached hydrogen (secondary N) is 1. The number of methoxy groups -OCH3 is 2. The van der Waals surface area contributed by atoms with E-state index in [1.807, 2.05) is 12.1 Å². The van der Waals surface area contributed by atoms with E-state index < -0.39 is 4.92 Å². The number of amides is 1. The van der Waals surface area contributed by atoms with Crippen molar-refractivity contribution in [2.75, 3.05) is 27.4 Å². The number of benzene rings is 2. The maximum atomic E-state index is 11.9. The second-order valence-corrected chi connectivity index (χ2v) is 5.86. The van der Waals surface area contributed by atoms with Crippen LogP contribution in [0.3, 0.4) is 0 Å². The van der Waals surface area contributed by atoms with Crippen LogP contribution in [0, 0.1) is 10.1 Å². The molecule has 0 aliphatic heterocycles. The molecule has 0 bridgehead atoms. The lowest BCUT2D eigenvalue weighted by Gasteiger charge is -2.11. The normalized spacial score (nSPS) is 10.2. The van der Waals surface area contributed by atoms with Crippen LogP contribution in [-0.4, -0.2) is 38.2 Å². The molecule has 9 heteroatoms. The number of nitro benzene ring substituents is 1. The molecule has 0 saturated heterocycles. The average Bonchev–Trinajstić information content (AvgIpc) is 2.66. The molecule has 1 amide bonds. The average molecular weight is 395 g/mol. The van der Waals surface area contributed by atoms with E-state index in [0.29, 0.717) is 24.5 Å². The molecule has 0 aliphatic carbocycles. The molecule has 0 unspecified atom stereocenters. The van der Waals surface area contributed by atoms with Crippen LogP contribution in [0.15, 0.2) is 36.4 Å². The van der Waals surface area contributed by atoms with E-state index in [2.05, 4.69) is 5.32 Å². The quantitative estimate of drug-likeness (QED) is 0.518. The van der Waals surface area contributed by atoms with Crippen LogP contribution in [-0.2, 0) is 11.2 Å². The SMILES string of the molecule is COc1ccc(CCNC(=O)COc2ccc([N+](=O)[O-])cc2Cl)cc1OC. The predicted octanol–water partition coefficient (Wildman–Crippen LogP) is 3.00. The van der Waals surface area contributed by atoms with Crippen molar-refractivity contribution in [3.8, 4) is 17.2 Å².